The second-order valence-corrected chi connectivity index (χ2v) is 14.0. The van der Waals surface area contributed by atoms with Crippen LogP contribution in [0, 0.1) is 29.0 Å². The highest BCUT2D eigenvalue weighted by molar-refractivity contribution is 5.99. The summed E-state index contributed by atoms with van der Waals surface area (Å²) < 4.78 is 37.3. The minimum Gasteiger partial charge on any atom is -0.475 e. The van der Waals surface area contributed by atoms with Gasteiger partial charge in [0.2, 0.25) is 5.88 Å². The van der Waals surface area contributed by atoms with Crippen molar-refractivity contribution in [2.75, 3.05) is 31.1 Å². The summed E-state index contributed by atoms with van der Waals surface area (Å²) in [4.78, 5) is 26.7. The van der Waals surface area contributed by atoms with Gasteiger partial charge in [0.05, 0.1) is 11.2 Å². The maximum Gasteiger partial charge on any atom is 0.234 e. The van der Waals surface area contributed by atoms with Crippen molar-refractivity contribution in [1.29, 1.82) is 5.26 Å². The molecule has 0 amide bonds. The lowest BCUT2D eigenvalue weighted by Crippen LogP contribution is -2.62. The van der Waals surface area contributed by atoms with Gasteiger partial charge < -0.3 is 9.64 Å². The van der Waals surface area contributed by atoms with Crippen LogP contribution in [0.5, 0.6) is 5.88 Å². The summed E-state index contributed by atoms with van der Waals surface area (Å²) in [6.07, 6.45) is 12.1. The minimum atomic E-state index is -0.902. The highest BCUT2D eigenvalue weighted by atomic mass is 19.1. The van der Waals surface area contributed by atoms with Crippen molar-refractivity contribution in [2.24, 2.45) is 11.8 Å². The van der Waals surface area contributed by atoms with E-state index in [2.05, 4.69) is 28.5 Å². The molecule has 5 aliphatic rings. The topological polar surface area (TPSA) is 82.4 Å². The number of aryl methyl sites for hydroxylation is 1. The van der Waals surface area contributed by atoms with E-state index < -0.39 is 23.3 Å². The Kier molecular flexibility index (Phi) is 7.32. The van der Waals surface area contributed by atoms with Gasteiger partial charge in [0, 0.05) is 41.6 Å². The van der Waals surface area contributed by atoms with E-state index in [1.807, 2.05) is 12.1 Å². The summed E-state index contributed by atoms with van der Waals surface area (Å²) in [5.74, 6) is -2.31. The molecule has 46 heavy (non-hydrogen) atoms. The number of ketones is 1. The van der Waals surface area contributed by atoms with Gasteiger partial charge in [-0.15, -0.1) is 0 Å². The van der Waals surface area contributed by atoms with Crippen molar-refractivity contribution in [2.45, 2.75) is 82.2 Å². The van der Waals surface area contributed by atoms with Crippen LogP contribution in [0.15, 0.2) is 36.8 Å². The van der Waals surface area contributed by atoms with Gasteiger partial charge in [-0.2, -0.15) is 5.26 Å². The first kappa shape index (κ1) is 29.5. The molecule has 0 bridgehead atoms. The number of Topliss-reactive ketones (excluding diaryl/α,β-unsaturated/α-hetero) is 1. The summed E-state index contributed by atoms with van der Waals surface area (Å²) in [5.41, 5.74) is 4.31. The number of nitriles is 1. The largest absolute Gasteiger partial charge is 0.475 e. The molecule has 7 nitrogen and oxygen atoms in total. The van der Waals surface area contributed by atoms with Crippen LogP contribution in [0.1, 0.15) is 74.5 Å². The second-order valence-electron chi connectivity index (χ2n) is 14.0. The summed E-state index contributed by atoms with van der Waals surface area (Å²) >= 11 is 0. The fraction of sp³-hybridized carbons (Fsp3) is 0.514. The Morgan fingerprint density at radius 2 is 1.93 bits per heavy atom. The standard InChI is InChI=1S/C37H39F2N5O2/c1-22(38)35(45)26-12-5-13-30-29(26)20-44(30)34-27(18-40)36(46-21-37-14-6-16-43(37)17-7-15-37)42-33-28(34)19-41-32(31(33)39)25-11-4-9-23-8-2-3-10-24(23)25/h4,9,11,19,26,29-30H,1-3,5-8,10,12-17,20-21H2/t26?,29-,30+/m0/s1. The number of allylic oxidation sites excluding steroid dienone is 1. The zero-order chi connectivity index (χ0) is 31.6. The number of anilines is 1. The Balaban J connectivity index is 1.25. The molecule has 3 saturated heterocycles. The average Bonchev–Trinajstić information content (AvgIpc) is 3.64. The van der Waals surface area contributed by atoms with Crippen LogP contribution in [0.2, 0.25) is 0 Å². The lowest BCUT2D eigenvalue weighted by atomic mass is 9.67. The molecule has 0 spiro atoms. The molecule has 3 aromatic rings. The molecule has 8 rings (SSSR count). The number of carbonyl (C=O) groups excluding carboxylic acids is 1. The molecule has 4 fully saturated rings. The maximum atomic E-state index is 16.9. The fourth-order valence-corrected chi connectivity index (χ4v) is 9.40. The molecular formula is C37H39F2N5O2. The van der Waals surface area contributed by atoms with E-state index in [4.69, 9.17) is 14.7 Å². The number of ether oxygens (including phenoxy) is 1. The van der Waals surface area contributed by atoms with Crippen LogP contribution in [0.25, 0.3) is 22.2 Å². The van der Waals surface area contributed by atoms with E-state index in [1.54, 1.807) is 6.20 Å². The lowest BCUT2D eigenvalue weighted by molar-refractivity contribution is -0.124. The van der Waals surface area contributed by atoms with Gasteiger partial charge in [-0.25, -0.2) is 13.8 Å². The first-order valence-electron chi connectivity index (χ1n) is 17.0. The first-order chi connectivity index (χ1) is 22.4. The Labute approximate surface area is 268 Å². The maximum absolute atomic E-state index is 16.9. The predicted molar refractivity (Wildman–Crippen MR) is 172 cm³/mol. The van der Waals surface area contributed by atoms with E-state index in [-0.39, 0.29) is 40.2 Å². The number of carbonyl (C=O) groups is 1. The van der Waals surface area contributed by atoms with Gasteiger partial charge in [-0.1, -0.05) is 31.2 Å². The first-order valence-corrected chi connectivity index (χ1v) is 17.0. The Bertz CT molecular complexity index is 1790. The van der Waals surface area contributed by atoms with Crippen LogP contribution in [0.4, 0.5) is 14.5 Å². The molecule has 238 valence electrons. The fourth-order valence-electron chi connectivity index (χ4n) is 9.40. The van der Waals surface area contributed by atoms with Crippen molar-refractivity contribution >= 4 is 22.4 Å². The Morgan fingerprint density at radius 1 is 1.13 bits per heavy atom. The molecule has 1 unspecified atom stereocenters. The van der Waals surface area contributed by atoms with Crippen LogP contribution < -0.4 is 9.64 Å². The number of rotatable bonds is 7. The number of fused-ring (bicyclic) bond motifs is 4. The lowest BCUT2D eigenvalue weighted by Gasteiger charge is -2.55. The van der Waals surface area contributed by atoms with Crippen LogP contribution >= 0.6 is 0 Å². The van der Waals surface area contributed by atoms with E-state index >= 15 is 4.39 Å². The molecule has 1 aromatic carbocycles. The van der Waals surface area contributed by atoms with Gasteiger partial charge >= 0.3 is 0 Å². The highest BCUT2D eigenvalue weighted by Gasteiger charge is 2.50. The van der Waals surface area contributed by atoms with Crippen molar-refractivity contribution in [3.8, 4) is 23.2 Å². The van der Waals surface area contributed by atoms with E-state index in [0.717, 1.165) is 88.4 Å². The summed E-state index contributed by atoms with van der Waals surface area (Å²) in [5, 5.41) is 11.1. The molecular weight excluding hydrogens is 584 g/mol. The molecule has 1 saturated carbocycles. The monoisotopic (exact) mass is 623 g/mol. The highest BCUT2D eigenvalue weighted by Crippen LogP contribution is 2.49. The summed E-state index contributed by atoms with van der Waals surface area (Å²) in [7, 11) is 0. The van der Waals surface area contributed by atoms with E-state index in [0.29, 0.717) is 30.6 Å². The molecule has 2 aromatic heterocycles. The van der Waals surface area contributed by atoms with Crippen molar-refractivity contribution < 1.29 is 18.3 Å². The van der Waals surface area contributed by atoms with E-state index in [9.17, 15) is 14.4 Å². The summed E-state index contributed by atoms with van der Waals surface area (Å²) in [6, 6.07) is 8.30. The molecule has 0 radical (unpaired) electrons. The number of halogens is 2. The van der Waals surface area contributed by atoms with Crippen LogP contribution in [0.3, 0.4) is 0 Å². The second kappa shape index (κ2) is 11.4. The van der Waals surface area contributed by atoms with Gasteiger partial charge in [0.1, 0.15) is 29.5 Å². The third-order valence-electron chi connectivity index (χ3n) is 11.7. The van der Waals surface area contributed by atoms with Gasteiger partial charge in [-0.05, 0) is 88.4 Å². The number of pyridine rings is 2. The van der Waals surface area contributed by atoms with Gasteiger partial charge in [-0.3, -0.25) is 14.7 Å². The minimum absolute atomic E-state index is 0.0646. The summed E-state index contributed by atoms with van der Waals surface area (Å²) in [6.45, 7) is 6.19. The molecule has 9 heteroatoms. The number of hydrogen-bond acceptors (Lipinski definition) is 7. The smallest absolute Gasteiger partial charge is 0.234 e. The normalized spacial score (nSPS) is 24.9. The van der Waals surface area contributed by atoms with Crippen molar-refractivity contribution in [3.05, 3.63) is 59.3 Å². The van der Waals surface area contributed by atoms with Gasteiger partial charge in [0.15, 0.2) is 17.4 Å². The third kappa shape index (κ3) is 4.55. The quantitative estimate of drug-likeness (QED) is 0.266. The Morgan fingerprint density at radius 3 is 2.72 bits per heavy atom. The van der Waals surface area contributed by atoms with Crippen molar-refractivity contribution in [3.63, 3.8) is 0 Å². The SMILES string of the molecule is C=C(F)C(=O)C1CCC[C@@H]2[C@H]1CN2c1c(C#N)c(OCC23CCCN2CCC3)nc2c(F)c(-c3cccc4c3CCCC4)ncc12. The van der Waals surface area contributed by atoms with Crippen LogP contribution in [-0.2, 0) is 17.6 Å². The zero-order valence-electron chi connectivity index (χ0n) is 26.2. The third-order valence-corrected chi connectivity index (χ3v) is 11.7. The predicted octanol–water partition coefficient (Wildman–Crippen LogP) is 6.85. The van der Waals surface area contributed by atoms with Crippen LogP contribution in [-0.4, -0.2) is 58.5 Å². The van der Waals surface area contributed by atoms with E-state index in [1.165, 1.54) is 5.56 Å². The van der Waals surface area contributed by atoms with Crippen molar-refractivity contribution in [1.82, 2.24) is 14.9 Å². The molecule has 2 aliphatic carbocycles. The molecule has 5 heterocycles. The number of nitrogens with zero attached hydrogens (tertiary/aromatic N) is 5. The molecule has 3 aliphatic heterocycles. The number of benzene rings is 1. The average molecular weight is 624 g/mol. The molecule has 0 N–H and O–H groups in total. The Hall–Kier alpha value is -3.90. The zero-order valence-corrected chi connectivity index (χ0v) is 26.2. The number of hydrogen-bond donors (Lipinski definition) is 0. The number of aromatic nitrogens is 2. The molecule has 3 atom stereocenters. The van der Waals surface area contributed by atoms with Gasteiger partial charge in [0.25, 0.3) is 0 Å².